The van der Waals surface area contributed by atoms with Gasteiger partial charge in [0.2, 0.25) is 11.8 Å². The summed E-state index contributed by atoms with van der Waals surface area (Å²) in [5, 5.41) is 5.56. The second-order valence-electron chi connectivity index (χ2n) is 8.37. The third-order valence-corrected chi connectivity index (χ3v) is 6.26. The average molecular weight is 405 g/mol. The van der Waals surface area contributed by atoms with Crippen LogP contribution in [0.4, 0.5) is 8.78 Å². The van der Waals surface area contributed by atoms with Gasteiger partial charge in [0, 0.05) is 24.2 Å². The first-order valence-corrected chi connectivity index (χ1v) is 10.3. The number of hydrogen-bond acceptors (Lipinski definition) is 3. The molecule has 4 rings (SSSR count). The molecule has 1 aromatic carbocycles. The number of nitrogens with zero attached hydrogens (tertiary/aromatic N) is 1. The highest BCUT2D eigenvalue weighted by atomic mass is 19.1. The van der Waals surface area contributed by atoms with Gasteiger partial charge >= 0.3 is 0 Å². The summed E-state index contributed by atoms with van der Waals surface area (Å²) in [7, 11) is 0. The number of carbonyl (C=O) groups excluding carboxylic acids is 3. The first-order chi connectivity index (χ1) is 13.9. The summed E-state index contributed by atoms with van der Waals surface area (Å²) < 4.78 is 26.7. The Hall–Kier alpha value is -2.51. The summed E-state index contributed by atoms with van der Waals surface area (Å²) in [6, 6.07) is 1.05. The number of benzene rings is 1. The fourth-order valence-electron chi connectivity index (χ4n) is 4.83. The fraction of sp³-hybridized carbons (Fsp3) is 0.571. The molecular formula is C21H25F2N3O3. The summed E-state index contributed by atoms with van der Waals surface area (Å²) in [5.41, 5.74) is -0.127. The first-order valence-electron chi connectivity index (χ1n) is 10.3. The third-order valence-electron chi connectivity index (χ3n) is 6.26. The first kappa shape index (κ1) is 19.8. The van der Waals surface area contributed by atoms with Gasteiger partial charge in [-0.2, -0.15) is 0 Å². The maximum atomic E-state index is 13.4. The Balaban J connectivity index is 1.39. The van der Waals surface area contributed by atoms with E-state index in [1.807, 2.05) is 0 Å². The maximum absolute atomic E-state index is 13.4. The van der Waals surface area contributed by atoms with E-state index < -0.39 is 35.7 Å². The van der Waals surface area contributed by atoms with Crippen molar-refractivity contribution in [3.8, 4) is 0 Å². The second kappa shape index (κ2) is 8.08. The number of halogens is 2. The van der Waals surface area contributed by atoms with Crippen molar-refractivity contribution in [3.63, 3.8) is 0 Å². The van der Waals surface area contributed by atoms with E-state index in [4.69, 9.17) is 0 Å². The summed E-state index contributed by atoms with van der Waals surface area (Å²) >= 11 is 0. The highest BCUT2D eigenvalue weighted by molar-refractivity contribution is 5.98. The minimum atomic E-state index is -0.834. The van der Waals surface area contributed by atoms with Gasteiger partial charge in [-0.3, -0.25) is 14.4 Å². The van der Waals surface area contributed by atoms with E-state index in [1.54, 1.807) is 4.90 Å². The zero-order valence-electron chi connectivity index (χ0n) is 16.1. The Labute approximate surface area is 168 Å². The largest absolute Gasteiger partial charge is 0.347 e. The second-order valence-corrected chi connectivity index (χ2v) is 8.37. The molecular weight excluding hydrogens is 380 g/mol. The van der Waals surface area contributed by atoms with Crippen molar-refractivity contribution in [1.29, 1.82) is 0 Å². The zero-order chi connectivity index (χ0) is 20.5. The molecule has 6 nitrogen and oxygen atoms in total. The van der Waals surface area contributed by atoms with Crippen molar-refractivity contribution in [2.24, 2.45) is 5.92 Å². The lowest BCUT2D eigenvalue weighted by Gasteiger charge is -2.36. The van der Waals surface area contributed by atoms with Crippen LogP contribution in [0.15, 0.2) is 18.2 Å². The standard InChI is InChI=1S/C21H25F2N3O3/c22-14-7-13(8-15(23)9-14)19(27)24-16-10-18-20(28)25-17(21(29)26(18)11-16)6-12-4-2-1-3-5-12/h7-9,12,16-18H,1-6,10-11H2,(H,24,27)(H,25,28)/t16-,17-,18-/m0/s1. The topological polar surface area (TPSA) is 78.5 Å². The van der Waals surface area contributed by atoms with Crippen molar-refractivity contribution in [3.05, 3.63) is 35.4 Å². The molecule has 0 spiro atoms. The van der Waals surface area contributed by atoms with Gasteiger partial charge in [-0.15, -0.1) is 0 Å². The number of amides is 3. The van der Waals surface area contributed by atoms with Gasteiger partial charge in [0.05, 0.1) is 0 Å². The number of hydrogen-bond donors (Lipinski definition) is 2. The number of carbonyl (C=O) groups is 3. The van der Waals surface area contributed by atoms with Gasteiger partial charge in [-0.05, 0) is 30.9 Å². The molecule has 3 amide bonds. The summed E-state index contributed by atoms with van der Waals surface area (Å²) in [5.74, 6) is -2.14. The van der Waals surface area contributed by atoms with Crippen LogP contribution in [0.25, 0.3) is 0 Å². The Bertz CT molecular complexity index is 805. The predicted octanol–water partition coefficient (Wildman–Crippen LogP) is 2.13. The van der Waals surface area contributed by atoms with Crippen molar-refractivity contribution < 1.29 is 23.2 Å². The molecule has 3 atom stereocenters. The smallest absolute Gasteiger partial charge is 0.251 e. The van der Waals surface area contributed by atoms with Crippen LogP contribution < -0.4 is 10.6 Å². The molecule has 2 N–H and O–H groups in total. The van der Waals surface area contributed by atoms with Crippen LogP contribution in [0.3, 0.4) is 0 Å². The Kier molecular flexibility index (Phi) is 5.52. The number of nitrogens with one attached hydrogen (secondary N) is 2. The molecule has 2 aliphatic heterocycles. The van der Waals surface area contributed by atoms with Crippen LogP contribution in [-0.2, 0) is 9.59 Å². The molecule has 8 heteroatoms. The molecule has 156 valence electrons. The molecule has 0 unspecified atom stereocenters. The molecule has 29 heavy (non-hydrogen) atoms. The number of fused-ring (bicyclic) bond motifs is 1. The number of piperazine rings is 1. The van der Waals surface area contributed by atoms with Crippen LogP contribution in [0.2, 0.25) is 0 Å². The van der Waals surface area contributed by atoms with Crippen molar-refractivity contribution >= 4 is 17.7 Å². The molecule has 2 heterocycles. The Morgan fingerprint density at radius 2 is 1.79 bits per heavy atom. The van der Waals surface area contributed by atoms with E-state index in [9.17, 15) is 23.2 Å². The molecule has 3 fully saturated rings. The molecule has 0 aromatic heterocycles. The Morgan fingerprint density at radius 1 is 1.10 bits per heavy atom. The van der Waals surface area contributed by atoms with Gasteiger partial charge in [-0.25, -0.2) is 8.78 Å². The summed E-state index contributed by atoms with van der Waals surface area (Å²) in [6.07, 6.45) is 6.69. The molecule has 1 aromatic rings. The minimum Gasteiger partial charge on any atom is -0.347 e. The lowest BCUT2D eigenvalue weighted by Crippen LogP contribution is -2.61. The SMILES string of the molecule is O=C(N[C@H]1C[C@H]2C(=O)N[C@@H](CC3CCCCC3)C(=O)N2C1)c1cc(F)cc(F)c1. The Morgan fingerprint density at radius 3 is 2.48 bits per heavy atom. The van der Waals surface area contributed by atoms with E-state index in [0.717, 1.165) is 25.0 Å². The molecule has 2 saturated heterocycles. The van der Waals surface area contributed by atoms with Gasteiger partial charge in [0.15, 0.2) is 0 Å². The lowest BCUT2D eigenvalue weighted by atomic mass is 9.84. The molecule has 0 bridgehead atoms. The van der Waals surface area contributed by atoms with Crippen molar-refractivity contribution in [2.75, 3.05) is 6.54 Å². The normalized spacial score (nSPS) is 27.5. The lowest BCUT2D eigenvalue weighted by molar-refractivity contribution is -0.147. The van der Waals surface area contributed by atoms with Crippen LogP contribution in [-0.4, -0.2) is 47.3 Å². The van der Waals surface area contributed by atoms with Crippen molar-refractivity contribution in [1.82, 2.24) is 15.5 Å². The van der Waals surface area contributed by atoms with Gasteiger partial charge in [0.1, 0.15) is 23.7 Å². The molecule has 1 saturated carbocycles. The van der Waals surface area contributed by atoms with E-state index in [-0.39, 0.29) is 30.3 Å². The maximum Gasteiger partial charge on any atom is 0.251 e. The van der Waals surface area contributed by atoms with E-state index in [1.165, 1.54) is 19.3 Å². The van der Waals surface area contributed by atoms with Crippen molar-refractivity contribution in [2.45, 2.75) is 63.1 Å². The predicted molar refractivity (Wildman–Crippen MR) is 101 cm³/mol. The van der Waals surface area contributed by atoms with E-state index in [0.29, 0.717) is 18.4 Å². The fourth-order valence-corrected chi connectivity index (χ4v) is 4.83. The van der Waals surface area contributed by atoms with Gasteiger partial charge < -0.3 is 15.5 Å². The minimum absolute atomic E-state index is 0.103. The third kappa shape index (κ3) is 4.26. The van der Waals surface area contributed by atoms with Crippen LogP contribution in [0.5, 0.6) is 0 Å². The number of rotatable bonds is 4. The highest BCUT2D eigenvalue weighted by Gasteiger charge is 2.47. The monoisotopic (exact) mass is 405 g/mol. The summed E-state index contributed by atoms with van der Waals surface area (Å²) in [6.45, 7) is 0.224. The summed E-state index contributed by atoms with van der Waals surface area (Å²) in [4.78, 5) is 39.4. The zero-order valence-corrected chi connectivity index (χ0v) is 16.1. The average Bonchev–Trinajstić information content (AvgIpc) is 3.10. The van der Waals surface area contributed by atoms with Gasteiger partial charge in [-0.1, -0.05) is 32.1 Å². The molecule has 1 aliphatic carbocycles. The van der Waals surface area contributed by atoms with E-state index in [2.05, 4.69) is 10.6 Å². The van der Waals surface area contributed by atoms with Crippen LogP contribution in [0, 0.1) is 17.6 Å². The van der Waals surface area contributed by atoms with E-state index >= 15 is 0 Å². The van der Waals surface area contributed by atoms with Gasteiger partial charge in [0.25, 0.3) is 5.91 Å². The quantitative estimate of drug-likeness (QED) is 0.806. The van der Waals surface area contributed by atoms with Crippen LogP contribution in [0.1, 0.15) is 55.3 Å². The molecule has 0 radical (unpaired) electrons. The molecule has 3 aliphatic rings. The van der Waals surface area contributed by atoms with Crippen LogP contribution >= 0.6 is 0 Å². The highest BCUT2D eigenvalue weighted by Crippen LogP contribution is 2.30.